The van der Waals surface area contributed by atoms with E-state index in [0.717, 1.165) is 9.36 Å². The largest absolute Gasteiger partial charge is 0.497 e. The fraction of sp³-hybridized carbons (Fsp3) is 0.0870. The molecule has 1 aromatic heterocycles. The van der Waals surface area contributed by atoms with Gasteiger partial charge in [-0.3, -0.25) is 4.79 Å². The molecule has 0 amide bonds. The van der Waals surface area contributed by atoms with Gasteiger partial charge in [-0.05, 0) is 42.8 Å². The van der Waals surface area contributed by atoms with Crippen molar-refractivity contribution in [3.8, 4) is 5.75 Å². The molecule has 0 spiro atoms. The van der Waals surface area contributed by atoms with Crippen LogP contribution in [0.4, 0.5) is 0 Å². The molecule has 1 heterocycles. The molecule has 0 aliphatic carbocycles. The van der Waals surface area contributed by atoms with Crippen molar-refractivity contribution in [2.75, 3.05) is 7.11 Å². The van der Waals surface area contributed by atoms with Crippen molar-refractivity contribution in [3.05, 3.63) is 95.7 Å². The molecule has 0 N–H and O–H groups in total. The zero-order valence-corrected chi connectivity index (χ0v) is 16.8. The minimum absolute atomic E-state index is 0.125. The van der Waals surface area contributed by atoms with E-state index in [1.54, 1.807) is 61.5 Å². The van der Waals surface area contributed by atoms with Crippen molar-refractivity contribution in [2.24, 2.45) is 0 Å². The monoisotopic (exact) mass is 405 g/mol. The lowest BCUT2D eigenvalue weighted by molar-refractivity contribution is 0.103. The Hall–Kier alpha value is -3.38. The van der Waals surface area contributed by atoms with E-state index in [9.17, 15) is 13.2 Å². The molecule has 0 saturated carbocycles. The quantitative estimate of drug-likeness (QED) is 0.461. The highest BCUT2D eigenvalue weighted by Crippen LogP contribution is 2.31. The second kappa shape index (κ2) is 7.22. The van der Waals surface area contributed by atoms with Crippen LogP contribution in [0.3, 0.4) is 0 Å². The van der Waals surface area contributed by atoms with Crippen LogP contribution in [0, 0.1) is 6.92 Å². The summed E-state index contributed by atoms with van der Waals surface area (Å²) in [5.41, 5.74) is 1.58. The van der Waals surface area contributed by atoms with E-state index in [1.165, 1.54) is 19.2 Å². The summed E-state index contributed by atoms with van der Waals surface area (Å²) in [7, 11) is -2.46. The van der Waals surface area contributed by atoms with Crippen LogP contribution in [0.25, 0.3) is 10.9 Å². The molecule has 0 aliphatic rings. The van der Waals surface area contributed by atoms with Gasteiger partial charge in [-0.2, -0.15) is 0 Å². The molecular weight excluding hydrogens is 386 g/mol. The number of benzene rings is 3. The number of aryl methyl sites for hydroxylation is 1. The summed E-state index contributed by atoms with van der Waals surface area (Å²) in [6.45, 7) is 1.77. The summed E-state index contributed by atoms with van der Waals surface area (Å²) in [6.07, 6.45) is 0. The third kappa shape index (κ3) is 3.11. The molecule has 0 unspecified atom stereocenters. The summed E-state index contributed by atoms with van der Waals surface area (Å²) < 4.78 is 33.4. The lowest BCUT2D eigenvalue weighted by Crippen LogP contribution is -2.19. The molecule has 0 atom stereocenters. The first-order valence-electron chi connectivity index (χ1n) is 9.04. The third-order valence-electron chi connectivity index (χ3n) is 4.91. The van der Waals surface area contributed by atoms with Crippen molar-refractivity contribution in [2.45, 2.75) is 11.8 Å². The molecule has 3 aromatic carbocycles. The number of nitrogens with zero attached hydrogens (tertiary/aromatic N) is 1. The van der Waals surface area contributed by atoms with Gasteiger partial charge in [-0.1, -0.05) is 48.5 Å². The van der Waals surface area contributed by atoms with Gasteiger partial charge in [-0.15, -0.1) is 0 Å². The number of rotatable bonds is 5. The summed E-state index contributed by atoms with van der Waals surface area (Å²) in [5, 5.41) is 0.721. The zero-order chi connectivity index (χ0) is 20.6. The molecule has 4 aromatic rings. The van der Waals surface area contributed by atoms with E-state index in [0.29, 0.717) is 22.4 Å². The lowest BCUT2D eigenvalue weighted by atomic mass is 10.0. The second-order valence-electron chi connectivity index (χ2n) is 6.63. The minimum atomic E-state index is -3.98. The highest BCUT2D eigenvalue weighted by Gasteiger charge is 2.29. The molecule has 4 rings (SSSR count). The number of fused-ring (bicyclic) bond motifs is 1. The van der Waals surface area contributed by atoms with Gasteiger partial charge in [0.25, 0.3) is 10.0 Å². The molecule has 0 fully saturated rings. The minimum Gasteiger partial charge on any atom is -0.497 e. The van der Waals surface area contributed by atoms with Crippen molar-refractivity contribution >= 4 is 26.7 Å². The molecule has 29 heavy (non-hydrogen) atoms. The van der Waals surface area contributed by atoms with Crippen LogP contribution >= 0.6 is 0 Å². The fourth-order valence-corrected chi connectivity index (χ4v) is 5.07. The number of para-hydroxylation sites is 1. The van der Waals surface area contributed by atoms with Crippen LogP contribution in [0.2, 0.25) is 0 Å². The smallest absolute Gasteiger partial charge is 0.268 e. The standard InChI is InChI=1S/C23H19NO4S/c1-16-20-13-6-7-14-21(20)24(29(26,27)19-11-4-3-5-12-19)22(16)23(25)17-9-8-10-18(15-17)28-2/h3-15H,1-2H3. The van der Waals surface area contributed by atoms with Crippen LogP contribution in [-0.4, -0.2) is 25.3 Å². The summed E-state index contributed by atoms with van der Waals surface area (Å²) >= 11 is 0. The first-order valence-corrected chi connectivity index (χ1v) is 10.5. The van der Waals surface area contributed by atoms with Gasteiger partial charge in [0, 0.05) is 10.9 Å². The van der Waals surface area contributed by atoms with Crippen LogP contribution in [-0.2, 0) is 10.0 Å². The maximum Gasteiger partial charge on any atom is 0.268 e. The van der Waals surface area contributed by atoms with E-state index in [2.05, 4.69) is 0 Å². The summed E-state index contributed by atoms with van der Waals surface area (Å²) in [5.74, 6) is 0.152. The first-order chi connectivity index (χ1) is 13.9. The predicted octanol–water partition coefficient (Wildman–Crippen LogP) is 4.43. The van der Waals surface area contributed by atoms with Crippen molar-refractivity contribution in [1.29, 1.82) is 0 Å². The molecule has 6 heteroatoms. The fourth-order valence-electron chi connectivity index (χ4n) is 3.48. The first kappa shape index (κ1) is 19.0. The SMILES string of the molecule is COc1cccc(C(=O)c2c(C)c3ccccc3n2S(=O)(=O)c2ccccc2)c1. The molecule has 5 nitrogen and oxygen atoms in total. The zero-order valence-electron chi connectivity index (χ0n) is 16.0. The Morgan fingerprint density at radius 2 is 1.59 bits per heavy atom. The van der Waals surface area contributed by atoms with Crippen LogP contribution in [0.1, 0.15) is 21.6 Å². The van der Waals surface area contributed by atoms with Crippen LogP contribution in [0.15, 0.2) is 83.8 Å². The van der Waals surface area contributed by atoms with E-state index in [-0.39, 0.29) is 16.4 Å². The van der Waals surface area contributed by atoms with Gasteiger partial charge in [-0.25, -0.2) is 12.4 Å². The van der Waals surface area contributed by atoms with Crippen molar-refractivity contribution in [3.63, 3.8) is 0 Å². The predicted molar refractivity (Wildman–Crippen MR) is 112 cm³/mol. The molecule has 0 bridgehead atoms. The highest BCUT2D eigenvalue weighted by atomic mass is 32.2. The average molecular weight is 405 g/mol. The number of aromatic nitrogens is 1. The normalized spacial score (nSPS) is 11.5. The van der Waals surface area contributed by atoms with Crippen LogP contribution in [0.5, 0.6) is 5.75 Å². The molecular formula is C23H19NO4S. The lowest BCUT2D eigenvalue weighted by Gasteiger charge is -2.12. The summed E-state index contributed by atoms with van der Waals surface area (Å²) in [4.78, 5) is 13.6. The highest BCUT2D eigenvalue weighted by molar-refractivity contribution is 7.90. The number of ketones is 1. The Bertz CT molecular complexity index is 1320. The van der Waals surface area contributed by atoms with E-state index in [1.807, 2.05) is 12.1 Å². The molecule has 0 radical (unpaired) electrons. The molecule has 146 valence electrons. The Balaban J connectivity index is 2.03. The Morgan fingerprint density at radius 3 is 2.31 bits per heavy atom. The Morgan fingerprint density at radius 1 is 0.897 bits per heavy atom. The molecule has 0 saturated heterocycles. The van der Waals surface area contributed by atoms with E-state index in [4.69, 9.17) is 4.74 Å². The van der Waals surface area contributed by atoms with Gasteiger partial charge >= 0.3 is 0 Å². The number of carbonyl (C=O) groups excluding carboxylic acids is 1. The van der Waals surface area contributed by atoms with Crippen LogP contribution < -0.4 is 4.74 Å². The summed E-state index contributed by atoms with van der Waals surface area (Å²) in [6, 6.07) is 22.0. The number of ether oxygens (including phenoxy) is 1. The Labute approximate surface area is 169 Å². The number of hydrogen-bond donors (Lipinski definition) is 0. The van der Waals surface area contributed by atoms with Gasteiger partial charge < -0.3 is 4.74 Å². The topological polar surface area (TPSA) is 65.4 Å². The number of hydrogen-bond acceptors (Lipinski definition) is 4. The Kier molecular flexibility index (Phi) is 4.72. The average Bonchev–Trinajstić information content (AvgIpc) is 3.07. The maximum atomic E-state index is 13.5. The van der Waals surface area contributed by atoms with Gasteiger partial charge in [0.1, 0.15) is 11.4 Å². The van der Waals surface area contributed by atoms with Gasteiger partial charge in [0.15, 0.2) is 0 Å². The third-order valence-corrected chi connectivity index (χ3v) is 6.64. The van der Waals surface area contributed by atoms with E-state index < -0.39 is 10.0 Å². The van der Waals surface area contributed by atoms with Crippen molar-refractivity contribution < 1.29 is 17.9 Å². The molecule has 0 aliphatic heterocycles. The maximum absolute atomic E-state index is 13.5. The van der Waals surface area contributed by atoms with E-state index >= 15 is 0 Å². The second-order valence-corrected chi connectivity index (χ2v) is 8.42. The number of carbonyl (C=O) groups is 1. The van der Waals surface area contributed by atoms with Gasteiger partial charge in [0.2, 0.25) is 5.78 Å². The number of methoxy groups -OCH3 is 1. The van der Waals surface area contributed by atoms with Crippen molar-refractivity contribution in [1.82, 2.24) is 3.97 Å². The van der Waals surface area contributed by atoms with Gasteiger partial charge in [0.05, 0.1) is 17.5 Å².